The molecule has 3 aliphatic rings. The van der Waals surface area contributed by atoms with Crippen LogP contribution in [-0.4, -0.2) is 205 Å². The van der Waals surface area contributed by atoms with Gasteiger partial charge in [0.2, 0.25) is 0 Å². The van der Waals surface area contributed by atoms with Crippen LogP contribution in [0.2, 0.25) is 0 Å². The molecule has 1 aliphatic carbocycles. The van der Waals surface area contributed by atoms with Crippen LogP contribution in [0.3, 0.4) is 0 Å². The van der Waals surface area contributed by atoms with Gasteiger partial charge < -0.3 is 88.7 Å². The highest BCUT2D eigenvalue weighted by atomic mass is 31.2. The molecule has 0 radical (unpaired) electrons. The van der Waals surface area contributed by atoms with Crippen LogP contribution in [0, 0.1) is 11.8 Å². The Morgan fingerprint density at radius 2 is 0.681 bits per heavy atom. The summed E-state index contributed by atoms with van der Waals surface area (Å²) in [6.07, 6.45) is 27.5. The molecule has 2 heterocycles. The molecule has 1 saturated carbocycles. The Hall–Kier alpha value is -3.05. The van der Waals surface area contributed by atoms with Crippen molar-refractivity contribution in [3.8, 4) is 0 Å². The van der Waals surface area contributed by atoms with E-state index in [1.165, 1.54) is 154 Å². The lowest BCUT2D eigenvalue weighted by Gasteiger charge is -2.50. The molecule has 2 aliphatic heterocycles. The van der Waals surface area contributed by atoms with Gasteiger partial charge in [-0.25, -0.2) is 4.57 Å². The van der Waals surface area contributed by atoms with Crippen molar-refractivity contribution in [1.82, 2.24) is 0 Å². The molecule has 10 N–H and O–H groups in total. The minimum absolute atomic E-state index is 0.00737. The fourth-order valence-corrected chi connectivity index (χ4v) is 16.9. The Labute approximate surface area is 717 Å². The molecule has 698 valence electrons. The van der Waals surface area contributed by atoms with Crippen molar-refractivity contribution in [3.63, 3.8) is 0 Å². The summed E-state index contributed by atoms with van der Waals surface area (Å²) in [4.78, 5) is 66.6. The normalized spacial score (nSPS) is 25.4. The molecule has 0 aromatic carbocycles. The van der Waals surface area contributed by atoms with Crippen molar-refractivity contribution in [1.29, 1.82) is 0 Å². The maximum absolute atomic E-state index is 14.9. The smallest absolute Gasteiger partial charge is 0.463 e. The molecule has 0 bridgehead atoms. The highest BCUT2D eigenvalue weighted by Crippen LogP contribution is 2.49. The summed E-state index contributed by atoms with van der Waals surface area (Å²) in [7, 11) is -5.82. The SMILES string of the molecule is CCCCCC/C=C\CCCCCCCCCC(=O)OCC1OC(OC2C(OC(=O)CCCCC/C=C\CCCCCCCC)C(O)C(O)C(OC3OC(CO)C(O)C(O)C3O)C2OP(=O)(O)OCC(COC(=O)CCCCCCCCC(C)CCCCCCCC)OC(=O)CCCCCCCCC(C)CCCCCCCC)C(O)C(O)C1O. The first kappa shape index (κ1) is 110. The average molecular weight is 1720 g/mol. The first-order valence-electron chi connectivity index (χ1n) is 47.9. The summed E-state index contributed by atoms with van der Waals surface area (Å²) in [5.74, 6) is -1.63. The predicted molar refractivity (Wildman–Crippen MR) is 462 cm³/mol. The van der Waals surface area contributed by atoms with E-state index in [4.69, 9.17) is 46.9 Å². The van der Waals surface area contributed by atoms with Crippen LogP contribution in [0.4, 0.5) is 0 Å². The van der Waals surface area contributed by atoms with Crippen LogP contribution < -0.4 is 0 Å². The maximum atomic E-state index is 14.9. The molecule has 20 unspecified atom stereocenters. The van der Waals surface area contributed by atoms with Crippen molar-refractivity contribution in [2.75, 3.05) is 26.4 Å². The molecule has 20 atom stereocenters. The van der Waals surface area contributed by atoms with E-state index in [1.807, 2.05) is 0 Å². The topological polar surface area (TPSA) is 380 Å². The monoisotopic (exact) mass is 1720 g/mol. The summed E-state index contributed by atoms with van der Waals surface area (Å²) in [6, 6.07) is 0. The molecule has 0 spiro atoms. The van der Waals surface area contributed by atoms with E-state index in [-0.39, 0.29) is 32.1 Å². The Kier molecular flexibility index (Phi) is 64.8. The number of hydrogen-bond donors (Lipinski definition) is 10. The van der Waals surface area contributed by atoms with Gasteiger partial charge in [0.1, 0.15) is 92.6 Å². The van der Waals surface area contributed by atoms with E-state index >= 15 is 0 Å². The number of phosphoric ester groups is 1. The predicted octanol–water partition coefficient (Wildman–Crippen LogP) is 17.8. The number of esters is 4. The van der Waals surface area contributed by atoms with Crippen LogP contribution >= 0.6 is 7.82 Å². The minimum Gasteiger partial charge on any atom is -0.463 e. The fourth-order valence-electron chi connectivity index (χ4n) is 15.9. The zero-order valence-corrected chi connectivity index (χ0v) is 75.6. The van der Waals surface area contributed by atoms with Gasteiger partial charge in [0.15, 0.2) is 24.8 Å². The maximum Gasteiger partial charge on any atom is 0.472 e. The number of aliphatic hydroxyl groups excluding tert-OH is 9. The van der Waals surface area contributed by atoms with E-state index in [1.54, 1.807) is 0 Å². The van der Waals surface area contributed by atoms with Gasteiger partial charge in [0, 0.05) is 25.7 Å². The van der Waals surface area contributed by atoms with Crippen LogP contribution in [-0.2, 0) is 70.7 Å². The van der Waals surface area contributed by atoms with Crippen LogP contribution in [0.15, 0.2) is 24.3 Å². The van der Waals surface area contributed by atoms with Gasteiger partial charge in [-0.05, 0) is 88.9 Å². The third-order valence-corrected chi connectivity index (χ3v) is 24.7. The summed E-state index contributed by atoms with van der Waals surface area (Å²) in [5.41, 5.74) is 0. The van der Waals surface area contributed by atoms with Gasteiger partial charge >= 0.3 is 31.7 Å². The quantitative estimate of drug-likeness (QED) is 0.00889. The van der Waals surface area contributed by atoms with Crippen LogP contribution in [0.25, 0.3) is 0 Å². The van der Waals surface area contributed by atoms with Crippen molar-refractivity contribution in [3.05, 3.63) is 24.3 Å². The largest absolute Gasteiger partial charge is 0.472 e. The molecule has 0 aromatic rings. The molecule has 0 aromatic heterocycles. The van der Waals surface area contributed by atoms with E-state index in [9.17, 15) is 74.6 Å². The summed E-state index contributed by atoms with van der Waals surface area (Å²) in [6.45, 7) is 10.2. The van der Waals surface area contributed by atoms with E-state index in [0.717, 1.165) is 141 Å². The molecule has 3 rings (SSSR count). The molecule has 119 heavy (non-hydrogen) atoms. The van der Waals surface area contributed by atoms with Crippen molar-refractivity contribution < 1.29 is 122 Å². The highest BCUT2D eigenvalue weighted by molar-refractivity contribution is 7.47. The van der Waals surface area contributed by atoms with Gasteiger partial charge in [0.25, 0.3) is 0 Å². The number of allylic oxidation sites excluding steroid dienone is 4. The molecular weight excluding hydrogens is 1550 g/mol. The molecule has 3 fully saturated rings. The van der Waals surface area contributed by atoms with E-state index < -0.39 is 162 Å². The Bertz CT molecular complexity index is 2600. The first-order chi connectivity index (χ1) is 57.5. The number of hydrogen-bond acceptors (Lipinski definition) is 24. The van der Waals surface area contributed by atoms with Gasteiger partial charge in [-0.15, -0.1) is 0 Å². The first-order valence-corrected chi connectivity index (χ1v) is 49.3. The molecule has 26 heteroatoms. The fraction of sp³-hybridized carbons (Fsp3) is 0.914. The van der Waals surface area contributed by atoms with Crippen LogP contribution in [0.5, 0.6) is 0 Å². The number of unbranched alkanes of at least 4 members (excludes halogenated alkanes) is 40. The molecule has 0 amide bonds. The second kappa shape index (κ2) is 70.1. The van der Waals surface area contributed by atoms with Crippen LogP contribution in [0.1, 0.15) is 401 Å². The summed E-state index contributed by atoms with van der Waals surface area (Å²) < 4.78 is 73.5. The summed E-state index contributed by atoms with van der Waals surface area (Å²) >= 11 is 0. The minimum atomic E-state index is -5.82. The lowest BCUT2D eigenvalue weighted by atomic mass is 9.84. The number of aliphatic hydroxyl groups is 9. The zero-order valence-electron chi connectivity index (χ0n) is 74.7. The van der Waals surface area contributed by atoms with Gasteiger partial charge in [-0.3, -0.25) is 28.2 Å². The van der Waals surface area contributed by atoms with Gasteiger partial charge in [-0.2, -0.15) is 0 Å². The van der Waals surface area contributed by atoms with Crippen molar-refractivity contribution in [2.24, 2.45) is 11.8 Å². The lowest BCUT2D eigenvalue weighted by molar-refractivity contribution is -0.360. The van der Waals surface area contributed by atoms with E-state index in [0.29, 0.717) is 43.9 Å². The number of phosphoric acid groups is 1. The number of carbonyl (C=O) groups is 4. The molecule has 25 nitrogen and oxygen atoms in total. The Morgan fingerprint density at radius 1 is 0.353 bits per heavy atom. The second-order valence-corrected chi connectivity index (χ2v) is 36.2. The number of ether oxygens (including phenoxy) is 8. The number of rotatable bonds is 76. The zero-order chi connectivity index (χ0) is 87.1. The third-order valence-electron chi connectivity index (χ3n) is 23.7. The average Bonchev–Trinajstić information content (AvgIpc) is 0.754. The Morgan fingerprint density at radius 3 is 1.10 bits per heavy atom. The molecular formula is C93H171O25P. The molecule has 2 saturated heterocycles. The second-order valence-electron chi connectivity index (χ2n) is 34.8. The standard InChI is InChI=1S/C93H171O25P/c1-7-11-15-19-23-25-27-29-30-32-33-35-37-47-56-64-77(96)110-70-75-81(100)83(102)87(106)93(114-75)117-90-88(115-79(98)66-58-49-38-36-34-31-28-26-24-20-16-12-8-2)84(103)85(104)89(116-92-86(105)82(101)80(99)74(67-94)113-92)91(90)118-119(107,108)111-69-73(112-78(97)65-57-50-42-40-46-54-62-72(6)60-52-44-22-18-14-10-4)68-109-76(95)63-55-48-41-39-45-53-61-71(5)59-51-43-21-17-13-9-3/h25,27,31,34,71-75,80-94,99-106H,7-24,26,28-30,32-33,35-70H2,1-6H3,(H,107,108)/b27-25-,34-31-. The summed E-state index contributed by atoms with van der Waals surface area (Å²) in [5, 5.41) is 102. The third kappa shape index (κ3) is 50.8. The van der Waals surface area contributed by atoms with Crippen molar-refractivity contribution >= 4 is 31.7 Å². The number of carbonyl (C=O) groups excluding carboxylic acids is 4. The highest BCUT2D eigenvalue weighted by Gasteiger charge is 2.60. The van der Waals surface area contributed by atoms with Crippen molar-refractivity contribution in [2.45, 2.75) is 505 Å². The van der Waals surface area contributed by atoms with Gasteiger partial charge in [0.05, 0.1) is 13.2 Å². The van der Waals surface area contributed by atoms with Gasteiger partial charge in [-0.1, -0.05) is 323 Å². The Balaban J connectivity index is 1.93. The van der Waals surface area contributed by atoms with E-state index in [2.05, 4.69) is 65.8 Å². The lowest BCUT2D eigenvalue weighted by Crippen LogP contribution is -2.70.